The van der Waals surface area contributed by atoms with Crippen LogP contribution in [0, 0.1) is 17.1 Å². The highest BCUT2D eigenvalue weighted by Gasteiger charge is 2.15. The Kier molecular flexibility index (Phi) is 4.92. The third kappa shape index (κ3) is 3.92. The number of rotatable bonds is 5. The first-order valence-corrected chi connectivity index (χ1v) is 7.63. The second-order valence-electron chi connectivity index (χ2n) is 5.31. The van der Waals surface area contributed by atoms with E-state index in [1.165, 1.54) is 23.5 Å². The molecule has 0 atom stereocenters. The SMILES string of the molecule is CC(C)Cc1ccc(C(=O)Oc2ccc(C(=N)N)cc2F)s1. The molecule has 0 aliphatic carbocycles. The number of amidine groups is 1. The summed E-state index contributed by atoms with van der Waals surface area (Å²) in [6, 6.07) is 7.38. The van der Waals surface area contributed by atoms with Crippen LogP contribution >= 0.6 is 11.3 Å². The molecule has 0 bridgehead atoms. The number of nitrogens with two attached hydrogens (primary N) is 1. The normalized spacial score (nSPS) is 10.7. The van der Waals surface area contributed by atoms with Crippen LogP contribution in [0.25, 0.3) is 0 Å². The van der Waals surface area contributed by atoms with Gasteiger partial charge in [-0.2, -0.15) is 0 Å². The second-order valence-corrected chi connectivity index (χ2v) is 6.48. The van der Waals surface area contributed by atoms with Crippen molar-refractivity contribution >= 4 is 23.1 Å². The monoisotopic (exact) mass is 320 g/mol. The van der Waals surface area contributed by atoms with Crippen LogP contribution in [0.2, 0.25) is 0 Å². The largest absolute Gasteiger partial charge is 0.419 e. The summed E-state index contributed by atoms with van der Waals surface area (Å²) in [5.41, 5.74) is 5.52. The zero-order valence-corrected chi connectivity index (χ0v) is 13.2. The smallest absolute Gasteiger partial charge is 0.353 e. The summed E-state index contributed by atoms with van der Waals surface area (Å²) in [6.07, 6.45) is 0.889. The molecule has 2 rings (SSSR count). The Morgan fingerprint density at radius 3 is 2.68 bits per heavy atom. The number of esters is 1. The number of ether oxygens (including phenoxy) is 1. The van der Waals surface area contributed by atoms with Gasteiger partial charge in [0.15, 0.2) is 11.6 Å². The first kappa shape index (κ1) is 16.2. The number of halogens is 1. The predicted molar refractivity (Wildman–Crippen MR) is 85.2 cm³/mol. The van der Waals surface area contributed by atoms with Crippen LogP contribution in [0.15, 0.2) is 30.3 Å². The third-order valence-electron chi connectivity index (χ3n) is 2.92. The molecule has 0 aliphatic rings. The summed E-state index contributed by atoms with van der Waals surface area (Å²) in [5.74, 6) is -1.23. The van der Waals surface area contributed by atoms with Crippen LogP contribution in [-0.2, 0) is 6.42 Å². The number of carbonyl (C=O) groups excluding carboxylic acids is 1. The number of nitrogens with one attached hydrogen (secondary N) is 1. The zero-order valence-electron chi connectivity index (χ0n) is 12.4. The lowest BCUT2D eigenvalue weighted by Crippen LogP contribution is -2.12. The van der Waals surface area contributed by atoms with Crippen molar-refractivity contribution < 1.29 is 13.9 Å². The molecule has 0 fully saturated rings. The van der Waals surface area contributed by atoms with Gasteiger partial charge in [-0.3, -0.25) is 5.41 Å². The molecular weight excluding hydrogens is 303 g/mol. The first-order valence-electron chi connectivity index (χ1n) is 6.81. The average Bonchev–Trinajstić information content (AvgIpc) is 2.88. The molecule has 1 aromatic carbocycles. The van der Waals surface area contributed by atoms with Crippen LogP contribution in [0.4, 0.5) is 4.39 Å². The molecule has 0 saturated heterocycles. The average molecular weight is 320 g/mol. The topological polar surface area (TPSA) is 76.2 Å². The lowest BCUT2D eigenvalue weighted by atomic mass is 10.1. The standard InChI is InChI=1S/C16H17FN2O2S/c1-9(2)7-11-4-6-14(22-11)16(20)21-13-5-3-10(15(18)19)8-12(13)17/h3-6,8-9H,7H2,1-2H3,(H3,18,19). The second kappa shape index (κ2) is 6.70. The van der Waals surface area contributed by atoms with Gasteiger partial charge in [-0.15, -0.1) is 11.3 Å². The fourth-order valence-corrected chi connectivity index (χ4v) is 3.00. The maximum atomic E-state index is 13.8. The van der Waals surface area contributed by atoms with Crippen molar-refractivity contribution in [1.82, 2.24) is 0 Å². The fourth-order valence-electron chi connectivity index (χ4n) is 1.90. The molecule has 0 amide bonds. The van der Waals surface area contributed by atoms with E-state index in [-0.39, 0.29) is 17.1 Å². The maximum Gasteiger partial charge on any atom is 0.353 e. The van der Waals surface area contributed by atoms with Crippen molar-refractivity contribution in [1.29, 1.82) is 5.41 Å². The lowest BCUT2D eigenvalue weighted by molar-refractivity contribution is 0.0733. The zero-order chi connectivity index (χ0) is 16.3. The molecule has 3 N–H and O–H groups in total. The minimum Gasteiger partial charge on any atom is -0.419 e. The van der Waals surface area contributed by atoms with Gasteiger partial charge in [-0.25, -0.2) is 9.18 Å². The summed E-state index contributed by atoms with van der Waals surface area (Å²) < 4.78 is 18.9. The van der Waals surface area contributed by atoms with Crippen LogP contribution in [0.5, 0.6) is 5.75 Å². The summed E-state index contributed by atoms with van der Waals surface area (Å²) in [4.78, 5) is 13.6. The Morgan fingerprint density at radius 1 is 1.36 bits per heavy atom. The van der Waals surface area contributed by atoms with Gasteiger partial charge in [0.1, 0.15) is 10.7 Å². The Balaban J connectivity index is 2.11. The molecular formula is C16H17FN2O2S. The molecule has 0 spiro atoms. The molecule has 0 radical (unpaired) electrons. The molecule has 1 heterocycles. The first-order chi connectivity index (χ1) is 10.4. The molecule has 0 aliphatic heterocycles. The van der Waals surface area contributed by atoms with Crippen molar-refractivity contribution in [2.45, 2.75) is 20.3 Å². The van der Waals surface area contributed by atoms with Crippen molar-refractivity contribution in [2.75, 3.05) is 0 Å². The summed E-state index contributed by atoms with van der Waals surface area (Å²) in [6.45, 7) is 4.20. The van der Waals surface area contributed by atoms with Gasteiger partial charge in [-0.1, -0.05) is 13.8 Å². The van der Waals surface area contributed by atoms with Gasteiger partial charge in [0.05, 0.1) is 0 Å². The summed E-state index contributed by atoms with van der Waals surface area (Å²) >= 11 is 1.35. The van der Waals surface area contributed by atoms with Gasteiger partial charge < -0.3 is 10.5 Å². The van der Waals surface area contributed by atoms with E-state index in [0.717, 1.165) is 17.4 Å². The molecule has 6 heteroatoms. The summed E-state index contributed by atoms with van der Waals surface area (Å²) in [7, 11) is 0. The van der Waals surface area contributed by atoms with E-state index in [1.54, 1.807) is 6.07 Å². The molecule has 116 valence electrons. The molecule has 0 unspecified atom stereocenters. The Labute approximate surface area is 132 Å². The highest BCUT2D eigenvalue weighted by molar-refractivity contribution is 7.13. The van der Waals surface area contributed by atoms with Crippen LogP contribution in [-0.4, -0.2) is 11.8 Å². The van der Waals surface area contributed by atoms with E-state index in [1.807, 2.05) is 6.07 Å². The highest BCUT2D eigenvalue weighted by Crippen LogP contribution is 2.23. The van der Waals surface area contributed by atoms with Crippen molar-refractivity contribution in [3.05, 3.63) is 51.5 Å². The van der Waals surface area contributed by atoms with Gasteiger partial charge in [-0.05, 0) is 42.7 Å². The number of nitrogen functional groups attached to an aromatic ring is 1. The van der Waals surface area contributed by atoms with Crippen LogP contribution in [0.1, 0.15) is 34.0 Å². The minimum atomic E-state index is -0.722. The number of hydrogen-bond acceptors (Lipinski definition) is 4. The quantitative estimate of drug-likeness (QED) is 0.382. The van der Waals surface area contributed by atoms with Crippen LogP contribution in [0.3, 0.4) is 0 Å². The highest BCUT2D eigenvalue weighted by atomic mass is 32.1. The molecule has 4 nitrogen and oxygen atoms in total. The third-order valence-corrected chi connectivity index (χ3v) is 4.01. The van der Waals surface area contributed by atoms with E-state index in [2.05, 4.69) is 13.8 Å². The minimum absolute atomic E-state index is 0.172. The number of benzene rings is 1. The van der Waals surface area contributed by atoms with Crippen molar-refractivity contribution in [3.63, 3.8) is 0 Å². The summed E-state index contributed by atoms with van der Waals surface area (Å²) in [5, 5.41) is 7.24. The van der Waals surface area contributed by atoms with E-state index in [9.17, 15) is 9.18 Å². The van der Waals surface area contributed by atoms with Crippen LogP contribution < -0.4 is 10.5 Å². The lowest BCUT2D eigenvalue weighted by Gasteiger charge is -2.06. The van der Waals surface area contributed by atoms with E-state index in [0.29, 0.717) is 10.8 Å². The van der Waals surface area contributed by atoms with Gasteiger partial charge >= 0.3 is 5.97 Å². The Bertz CT molecular complexity index is 710. The van der Waals surface area contributed by atoms with Gasteiger partial charge in [0.25, 0.3) is 0 Å². The number of hydrogen-bond donors (Lipinski definition) is 2. The molecule has 1 aromatic heterocycles. The van der Waals surface area contributed by atoms with E-state index in [4.69, 9.17) is 15.9 Å². The Hall–Kier alpha value is -2.21. The Morgan fingerprint density at radius 2 is 2.09 bits per heavy atom. The van der Waals surface area contributed by atoms with Gasteiger partial charge in [0, 0.05) is 10.4 Å². The fraction of sp³-hybridized carbons (Fsp3) is 0.250. The number of carbonyl (C=O) groups is 1. The predicted octanol–water partition coefficient (Wildman–Crippen LogP) is 3.59. The molecule has 0 saturated carbocycles. The van der Waals surface area contributed by atoms with Crippen molar-refractivity contribution in [2.24, 2.45) is 11.7 Å². The van der Waals surface area contributed by atoms with E-state index < -0.39 is 11.8 Å². The number of thiophene rings is 1. The molecule has 22 heavy (non-hydrogen) atoms. The molecule has 2 aromatic rings. The van der Waals surface area contributed by atoms with Gasteiger partial charge in [0.2, 0.25) is 0 Å². The maximum absolute atomic E-state index is 13.8. The van der Waals surface area contributed by atoms with Crippen molar-refractivity contribution in [3.8, 4) is 5.75 Å². The van der Waals surface area contributed by atoms with E-state index >= 15 is 0 Å².